The number of fused-ring (bicyclic) bond motifs is 1. The number of benzene rings is 1. The maximum atomic E-state index is 13.0. The van der Waals surface area contributed by atoms with Gasteiger partial charge in [0.1, 0.15) is 0 Å². The van der Waals surface area contributed by atoms with Crippen LogP contribution in [-0.2, 0) is 14.3 Å². The van der Waals surface area contributed by atoms with Crippen LogP contribution in [0.2, 0.25) is 0 Å². The van der Waals surface area contributed by atoms with Crippen LogP contribution in [0.1, 0.15) is 44.6 Å². The largest absolute Gasteiger partial charge is 0.381 e. The maximum absolute atomic E-state index is 13.0. The molecule has 3 aromatic rings. The highest BCUT2D eigenvalue weighted by molar-refractivity contribution is 6.20. The van der Waals surface area contributed by atoms with Crippen molar-refractivity contribution in [2.45, 2.75) is 51.1 Å². The monoisotopic (exact) mass is 504 g/mol. The number of carbonyl (C=O) groups is 2. The van der Waals surface area contributed by atoms with Crippen LogP contribution in [-0.4, -0.2) is 63.2 Å². The minimum atomic E-state index is -0.475. The minimum Gasteiger partial charge on any atom is -0.381 e. The summed E-state index contributed by atoms with van der Waals surface area (Å²) in [4.78, 5) is 36.3. The molecule has 11 heteroatoms. The second-order valence-electron chi connectivity index (χ2n) is 9.58. The number of nitrogens with one attached hydrogen (secondary N) is 3. The fourth-order valence-electron chi connectivity index (χ4n) is 4.43. The number of carbonyl (C=O) groups excluding carboxylic acids is 2. The van der Waals surface area contributed by atoms with E-state index in [1.54, 1.807) is 22.7 Å². The number of hydrogen-bond donors (Lipinski definition) is 3. The van der Waals surface area contributed by atoms with Crippen LogP contribution in [0, 0.1) is 0 Å². The van der Waals surface area contributed by atoms with E-state index in [1.165, 1.54) is 0 Å². The molecular formula is C26H32N8O3. The van der Waals surface area contributed by atoms with E-state index in [1.807, 2.05) is 12.3 Å². The van der Waals surface area contributed by atoms with Crippen LogP contribution < -0.4 is 20.9 Å². The highest BCUT2D eigenvalue weighted by Crippen LogP contribution is 2.27. The molecule has 3 N–H and O–H groups in total. The molecule has 37 heavy (non-hydrogen) atoms. The Kier molecular flexibility index (Phi) is 7.15. The molecule has 2 saturated heterocycles. The van der Waals surface area contributed by atoms with Gasteiger partial charge in [-0.1, -0.05) is 26.5 Å². The summed E-state index contributed by atoms with van der Waals surface area (Å²) in [6, 6.07) is 6.94. The Hall–Kier alpha value is -3.83. The van der Waals surface area contributed by atoms with Gasteiger partial charge >= 0.3 is 0 Å². The third-order valence-corrected chi connectivity index (χ3v) is 6.67. The Morgan fingerprint density at radius 1 is 1.24 bits per heavy atom. The molecule has 2 amide bonds. The Labute approximate surface area is 215 Å². The summed E-state index contributed by atoms with van der Waals surface area (Å²) >= 11 is 0. The summed E-state index contributed by atoms with van der Waals surface area (Å²) in [6.45, 7) is 9.93. The number of ether oxygens (including phenoxy) is 1. The molecule has 2 fully saturated rings. The topological polar surface area (TPSA) is 126 Å². The molecule has 1 aromatic carbocycles. The first-order valence-corrected chi connectivity index (χ1v) is 12.7. The van der Waals surface area contributed by atoms with Crippen LogP contribution in [0.5, 0.6) is 0 Å². The SMILES string of the molecule is C=CC(=O)N(C(=O)C1CCN1)c1cccc(Nc2nc(NC3CCOCC3)nc3c(C(C)C)cnn23)c1. The number of amides is 2. The number of imide groups is 1. The molecule has 2 aliphatic rings. The smallest absolute Gasteiger partial charge is 0.257 e. The summed E-state index contributed by atoms with van der Waals surface area (Å²) < 4.78 is 7.15. The minimum absolute atomic E-state index is 0.224. The van der Waals surface area contributed by atoms with Crippen LogP contribution in [0.25, 0.3) is 5.65 Å². The van der Waals surface area contributed by atoms with Crippen molar-refractivity contribution in [1.29, 1.82) is 0 Å². The van der Waals surface area contributed by atoms with Crippen LogP contribution in [0.3, 0.4) is 0 Å². The van der Waals surface area contributed by atoms with E-state index in [0.29, 0.717) is 48.6 Å². The van der Waals surface area contributed by atoms with Gasteiger partial charge in [-0.05, 0) is 56.0 Å². The van der Waals surface area contributed by atoms with E-state index in [2.05, 4.69) is 41.5 Å². The lowest BCUT2D eigenvalue weighted by Crippen LogP contribution is -2.55. The molecule has 4 heterocycles. The summed E-state index contributed by atoms with van der Waals surface area (Å²) in [5.74, 6) is 0.433. The number of anilines is 4. The highest BCUT2D eigenvalue weighted by Gasteiger charge is 2.32. The highest BCUT2D eigenvalue weighted by atomic mass is 16.5. The predicted molar refractivity (Wildman–Crippen MR) is 141 cm³/mol. The first kappa shape index (κ1) is 24.8. The Balaban J connectivity index is 1.48. The van der Waals surface area contributed by atoms with E-state index in [9.17, 15) is 9.59 Å². The molecule has 0 radical (unpaired) electrons. The molecule has 5 rings (SSSR count). The molecule has 194 valence electrons. The molecule has 11 nitrogen and oxygen atoms in total. The van der Waals surface area contributed by atoms with Crippen LogP contribution in [0.4, 0.5) is 23.3 Å². The third kappa shape index (κ3) is 5.18. The van der Waals surface area contributed by atoms with Crippen molar-refractivity contribution in [1.82, 2.24) is 24.9 Å². The van der Waals surface area contributed by atoms with Gasteiger partial charge in [0.25, 0.3) is 11.8 Å². The first-order valence-electron chi connectivity index (χ1n) is 12.7. The Bertz CT molecular complexity index is 1310. The standard InChI is InChI=1S/C26H32N8O3/c1-4-22(35)33(24(36)21-8-11-27-21)19-7-5-6-18(14-19)30-26-32-25(29-17-9-12-37-13-10-17)31-23-20(16(2)3)15-28-34(23)26/h4-7,14-17,21,27H,1,8-13H2,2-3H3,(H2,29,30,31,32). The lowest BCUT2D eigenvalue weighted by atomic mass is 10.1. The summed E-state index contributed by atoms with van der Waals surface area (Å²) in [5, 5.41) is 14.4. The molecule has 2 aromatic heterocycles. The average molecular weight is 505 g/mol. The molecule has 2 aliphatic heterocycles. The van der Waals surface area contributed by atoms with E-state index < -0.39 is 5.91 Å². The van der Waals surface area contributed by atoms with Crippen molar-refractivity contribution in [3.8, 4) is 0 Å². The van der Waals surface area contributed by atoms with E-state index in [4.69, 9.17) is 14.7 Å². The fourth-order valence-corrected chi connectivity index (χ4v) is 4.43. The Morgan fingerprint density at radius 3 is 2.70 bits per heavy atom. The molecule has 0 aliphatic carbocycles. The van der Waals surface area contributed by atoms with Gasteiger partial charge in [-0.15, -0.1) is 0 Å². The number of hydrogen-bond acceptors (Lipinski definition) is 9. The second kappa shape index (κ2) is 10.7. The van der Waals surface area contributed by atoms with Crippen molar-refractivity contribution in [2.75, 3.05) is 35.3 Å². The number of rotatable bonds is 8. The molecule has 0 saturated carbocycles. The van der Waals surface area contributed by atoms with Gasteiger partial charge in [-0.3, -0.25) is 9.59 Å². The Morgan fingerprint density at radius 2 is 2.03 bits per heavy atom. The van der Waals surface area contributed by atoms with Crippen molar-refractivity contribution in [3.63, 3.8) is 0 Å². The lowest BCUT2D eigenvalue weighted by Gasteiger charge is -2.31. The molecular weight excluding hydrogens is 472 g/mol. The van der Waals surface area contributed by atoms with Crippen molar-refractivity contribution >= 4 is 40.7 Å². The molecule has 1 unspecified atom stereocenters. The molecule has 0 bridgehead atoms. The van der Waals surface area contributed by atoms with Crippen LogP contribution in [0.15, 0.2) is 43.1 Å². The normalized spacial score (nSPS) is 17.9. The van der Waals surface area contributed by atoms with E-state index in [0.717, 1.165) is 35.9 Å². The molecule has 1 atom stereocenters. The zero-order valence-electron chi connectivity index (χ0n) is 21.1. The van der Waals surface area contributed by atoms with Crippen LogP contribution >= 0.6 is 0 Å². The van der Waals surface area contributed by atoms with Gasteiger partial charge in [-0.2, -0.15) is 19.6 Å². The van der Waals surface area contributed by atoms with E-state index in [-0.39, 0.29) is 23.9 Å². The van der Waals surface area contributed by atoms with Crippen molar-refractivity contribution < 1.29 is 14.3 Å². The summed E-state index contributed by atoms with van der Waals surface area (Å²) in [6.07, 6.45) is 5.41. The average Bonchev–Trinajstić information content (AvgIpc) is 3.28. The van der Waals surface area contributed by atoms with Gasteiger partial charge in [0.2, 0.25) is 11.9 Å². The summed E-state index contributed by atoms with van der Waals surface area (Å²) in [5.41, 5.74) is 2.82. The van der Waals surface area contributed by atoms with Gasteiger partial charge < -0.3 is 20.7 Å². The van der Waals surface area contributed by atoms with Crippen molar-refractivity contribution in [3.05, 3.63) is 48.7 Å². The second-order valence-corrected chi connectivity index (χ2v) is 9.58. The zero-order chi connectivity index (χ0) is 25.9. The lowest BCUT2D eigenvalue weighted by molar-refractivity contribution is -0.126. The predicted octanol–water partition coefficient (Wildman–Crippen LogP) is 2.99. The summed E-state index contributed by atoms with van der Waals surface area (Å²) in [7, 11) is 0. The van der Waals surface area contributed by atoms with E-state index >= 15 is 0 Å². The number of nitrogens with zero attached hydrogens (tertiary/aromatic N) is 5. The first-order chi connectivity index (χ1) is 17.9. The van der Waals surface area contributed by atoms with Gasteiger partial charge in [0.05, 0.1) is 17.9 Å². The van der Waals surface area contributed by atoms with Gasteiger partial charge in [-0.25, -0.2) is 4.90 Å². The quantitative estimate of drug-likeness (QED) is 0.397. The van der Waals surface area contributed by atoms with Crippen molar-refractivity contribution in [2.24, 2.45) is 0 Å². The maximum Gasteiger partial charge on any atom is 0.257 e. The molecule has 0 spiro atoms. The number of aromatic nitrogens is 4. The van der Waals surface area contributed by atoms with Gasteiger partial charge in [0.15, 0.2) is 5.65 Å². The van der Waals surface area contributed by atoms with Gasteiger partial charge in [0, 0.05) is 30.5 Å². The fraction of sp³-hybridized carbons (Fsp3) is 0.423. The zero-order valence-corrected chi connectivity index (χ0v) is 21.1. The third-order valence-electron chi connectivity index (χ3n) is 6.67.